The summed E-state index contributed by atoms with van der Waals surface area (Å²) in [7, 11) is 0. The lowest BCUT2D eigenvalue weighted by atomic mass is 9.94. The van der Waals surface area contributed by atoms with E-state index in [0.29, 0.717) is 30.7 Å². The van der Waals surface area contributed by atoms with Crippen molar-refractivity contribution >= 4 is 40.8 Å². The smallest absolute Gasteiger partial charge is 0.249 e. The zero-order valence-electron chi connectivity index (χ0n) is 32.2. The Morgan fingerprint density at radius 3 is 2.40 bits per heavy atom. The van der Waals surface area contributed by atoms with Gasteiger partial charge in [-0.1, -0.05) is 24.3 Å². The molecule has 14 heteroatoms. The Hall–Kier alpha value is -5.86. The fraction of sp³-hybridized carbons (Fsp3) is 0.395. The number of amides is 3. The molecule has 9 rings (SSSR count). The number of nitrogens with two attached hydrogens (primary N) is 1. The molecule has 0 spiro atoms. The van der Waals surface area contributed by atoms with Crippen molar-refractivity contribution in [2.75, 3.05) is 56.4 Å². The van der Waals surface area contributed by atoms with E-state index in [-0.39, 0.29) is 18.4 Å². The Bertz CT molecular complexity index is 2260. The van der Waals surface area contributed by atoms with Gasteiger partial charge >= 0.3 is 0 Å². The summed E-state index contributed by atoms with van der Waals surface area (Å²) in [6.07, 6.45) is 4.84. The van der Waals surface area contributed by atoms with Crippen molar-refractivity contribution in [3.8, 4) is 22.8 Å². The van der Waals surface area contributed by atoms with E-state index in [1.54, 1.807) is 0 Å². The molecule has 4 saturated heterocycles. The first-order valence-electron chi connectivity index (χ1n) is 20.0. The Balaban J connectivity index is 0.759. The molecule has 14 nitrogen and oxygen atoms in total. The van der Waals surface area contributed by atoms with Crippen molar-refractivity contribution in [1.29, 1.82) is 0 Å². The quantitative estimate of drug-likeness (QED) is 0.137. The maximum atomic E-state index is 12.4. The number of aromatic nitrogens is 4. The highest BCUT2D eigenvalue weighted by Gasteiger charge is 2.38. The molecule has 0 bridgehead atoms. The van der Waals surface area contributed by atoms with Crippen LogP contribution >= 0.6 is 0 Å². The number of anilines is 2. The van der Waals surface area contributed by atoms with Gasteiger partial charge in [-0.15, -0.1) is 0 Å². The summed E-state index contributed by atoms with van der Waals surface area (Å²) in [5.41, 5.74) is 12.2. The molecule has 3 aromatic carbocycles. The molecule has 1 atom stereocenters. The Labute approximate surface area is 331 Å². The van der Waals surface area contributed by atoms with Gasteiger partial charge in [0.2, 0.25) is 18.2 Å². The summed E-state index contributed by atoms with van der Waals surface area (Å²) < 4.78 is 8.09. The van der Waals surface area contributed by atoms with Gasteiger partial charge in [-0.3, -0.25) is 29.5 Å². The third-order valence-electron chi connectivity index (χ3n) is 12.2. The fourth-order valence-electron chi connectivity index (χ4n) is 8.88. The average molecular weight is 769 g/mol. The van der Waals surface area contributed by atoms with E-state index in [0.717, 1.165) is 116 Å². The third kappa shape index (κ3) is 7.54. The predicted octanol–water partition coefficient (Wildman–Crippen LogP) is 4.40. The summed E-state index contributed by atoms with van der Waals surface area (Å²) in [5, 5.41) is 8.27. The second-order valence-corrected chi connectivity index (χ2v) is 16.0. The SMILES string of the molecule is Cc1ccc(N2CC(CN3CC(N4CCC(n5nc(-c6ccc(Oc7ccccc7)cc6)c6c(N)ncnc65)CC4)C3)C2)cc1CN(C=O)C1CCC(=O)NC1=O. The molecule has 57 heavy (non-hydrogen) atoms. The summed E-state index contributed by atoms with van der Waals surface area (Å²) in [6, 6.07) is 24.2. The summed E-state index contributed by atoms with van der Waals surface area (Å²) in [5.74, 6) is 1.90. The van der Waals surface area contributed by atoms with Crippen LogP contribution in [0.4, 0.5) is 11.5 Å². The van der Waals surface area contributed by atoms with Gasteiger partial charge in [-0.05, 0) is 85.8 Å². The monoisotopic (exact) mass is 768 g/mol. The number of aryl methyl sites for hydroxylation is 1. The summed E-state index contributed by atoms with van der Waals surface area (Å²) in [4.78, 5) is 54.1. The Kier molecular flexibility index (Phi) is 10.1. The first-order valence-corrected chi connectivity index (χ1v) is 20.0. The first-order chi connectivity index (χ1) is 27.8. The van der Waals surface area contributed by atoms with Crippen molar-refractivity contribution in [2.24, 2.45) is 5.92 Å². The zero-order valence-corrected chi connectivity index (χ0v) is 32.2. The normalized spacial score (nSPS) is 19.9. The van der Waals surface area contributed by atoms with Crippen LogP contribution in [0.1, 0.15) is 42.9 Å². The largest absolute Gasteiger partial charge is 0.457 e. The number of fused-ring (bicyclic) bond motifs is 1. The van der Waals surface area contributed by atoms with Crippen LogP contribution in [0.15, 0.2) is 79.1 Å². The number of rotatable bonds is 12. The highest BCUT2D eigenvalue weighted by atomic mass is 16.5. The molecule has 4 fully saturated rings. The van der Waals surface area contributed by atoms with E-state index in [1.807, 2.05) is 61.5 Å². The van der Waals surface area contributed by atoms with Crippen molar-refractivity contribution in [2.45, 2.75) is 57.3 Å². The van der Waals surface area contributed by atoms with Gasteiger partial charge in [0.1, 0.15) is 35.4 Å². The van der Waals surface area contributed by atoms with Crippen molar-refractivity contribution in [3.63, 3.8) is 0 Å². The first kappa shape index (κ1) is 36.8. The number of hydrogen-bond donors (Lipinski definition) is 2. The van der Waals surface area contributed by atoms with Crippen molar-refractivity contribution < 1.29 is 19.1 Å². The van der Waals surface area contributed by atoms with Gasteiger partial charge < -0.3 is 20.3 Å². The number of ether oxygens (including phenoxy) is 1. The lowest BCUT2D eigenvalue weighted by Crippen LogP contribution is -2.63. The lowest BCUT2D eigenvalue weighted by molar-refractivity contribution is -0.141. The van der Waals surface area contributed by atoms with Crippen LogP contribution in [0, 0.1) is 12.8 Å². The summed E-state index contributed by atoms with van der Waals surface area (Å²) >= 11 is 0. The van der Waals surface area contributed by atoms with Crippen LogP contribution in [0.5, 0.6) is 11.5 Å². The van der Waals surface area contributed by atoms with Gasteiger partial charge in [-0.2, -0.15) is 5.10 Å². The van der Waals surface area contributed by atoms with Gasteiger partial charge in [0.05, 0.1) is 11.4 Å². The van der Waals surface area contributed by atoms with E-state index in [1.165, 1.54) is 11.2 Å². The molecular weight excluding hydrogens is 721 g/mol. The van der Waals surface area contributed by atoms with Gasteiger partial charge in [0.15, 0.2) is 5.65 Å². The lowest BCUT2D eigenvalue weighted by Gasteiger charge is -2.51. The number of piperidine rings is 2. The fourth-order valence-corrected chi connectivity index (χ4v) is 8.88. The Morgan fingerprint density at radius 2 is 1.67 bits per heavy atom. The zero-order chi connectivity index (χ0) is 39.0. The third-order valence-corrected chi connectivity index (χ3v) is 12.2. The molecule has 1 unspecified atom stereocenters. The molecule has 6 heterocycles. The van der Waals surface area contributed by atoms with E-state index in [9.17, 15) is 14.4 Å². The van der Waals surface area contributed by atoms with Crippen LogP contribution in [0.2, 0.25) is 0 Å². The van der Waals surface area contributed by atoms with Gasteiger partial charge in [-0.25, -0.2) is 14.6 Å². The van der Waals surface area contributed by atoms with Crippen LogP contribution in [-0.4, -0.2) is 111 Å². The minimum Gasteiger partial charge on any atom is -0.457 e. The van der Waals surface area contributed by atoms with Gasteiger partial charge in [0, 0.05) is 82.0 Å². The maximum Gasteiger partial charge on any atom is 0.249 e. The molecule has 3 N–H and O–H groups in total. The maximum absolute atomic E-state index is 12.4. The highest BCUT2D eigenvalue weighted by molar-refractivity contribution is 6.01. The van der Waals surface area contributed by atoms with Crippen LogP contribution in [0.3, 0.4) is 0 Å². The minimum atomic E-state index is -0.625. The number of likely N-dealkylation sites (tertiary alicyclic amines) is 2. The number of carbonyl (C=O) groups is 3. The van der Waals surface area contributed by atoms with E-state index < -0.39 is 11.9 Å². The number of carbonyl (C=O) groups excluding carboxylic acids is 3. The number of nitrogen functional groups attached to an aromatic ring is 1. The molecular formula is C43H48N10O4. The van der Waals surface area contributed by atoms with Crippen molar-refractivity contribution in [3.05, 3.63) is 90.3 Å². The van der Waals surface area contributed by atoms with Crippen LogP contribution < -0.4 is 20.7 Å². The topological polar surface area (TPSA) is 155 Å². The van der Waals surface area contributed by atoms with Crippen molar-refractivity contribution in [1.82, 2.24) is 39.8 Å². The van der Waals surface area contributed by atoms with E-state index >= 15 is 0 Å². The number of para-hydroxylation sites is 1. The second-order valence-electron chi connectivity index (χ2n) is 16.0. The summed E-state index contributed by atoms with van der Waals surface area (Å²) in [6.45, 7) is 9.69. The van der Waals surface area contributed by atoms with Crippen LogP contribution in [-0.2, 0) is 20.9 Å². The molecule has 5 aromatic rings. The Morgan fingerprint density at radius 1 is 0.912 bits per heavy atom. The molecule has 0 saturated carbocycles. The number of nitrogens with zero attached hydrogens (tertiary/aromatic N) is 8. The number of imide groups is 1. The molecule has 294 valence electrons. The van der Waals surface area contributed by atoms with Gasteiger partial charge in [0.25, 0.3) is 0 Å². The highest BCUT2D eigenvalue weighted by Crippen LogP contribution is 2.36. The molecule has 2 aromatic heterocycles. The molecule has 4 aliphatic heterocycles. The minimum absolute atomic E-state index is 0.228. The molecule has 4 aliphatic rings. The second kappa shape index (κ2) is 15.6. The van der Waals surface area contributed by atoms with E-state index in [4.69, 9.17) is 15.6 Å². The number of nitrogens with one attached hydrogen (secondary N) is 1. The number of hydrogen-bond acceptors (Lipinski definition) is 11. The molecule has 0 radical (unpaired) electrons. The number of benzene rings is 3. The average Bonchev–Trinajstić information content (AvgIpc) is 3.59. The van der Waals surface area contributed by atoms with E-state index in [2.05, 4.69) is 52.9 Å². The predicted molar refractivity (Wildman–Crippen MR) is 216 cm³/mol. The van der Waals surface area contributed by atoms with Crippen LogP contribution in [0.25, 0.3) is 22.3 Å². The molecule has 0 aliphatic carbocycles. The standard InChI is InChI=1S/C43H48N10O4/c1-28-7-10-33(19-31(28)23-52(27-54)37-13-14-38(55)47-43(37)56)51-21-29(22-51)20-49-24-34(25-49)50-17-15-32(16-18-50)53-42-39(41(44)45-26-46-42)40(48-53)30-8-11-36(12-9-30)57-35-5-3-2-4-6-35/h2-12,19,26-27,29,32,34,37H,13-18,20-25H2,1H3,(H2,44,45,46)(H,47,55,56). The molecule has 3 amide bonds.